The maximum Gasteiger partial charge on any atom is 0.234 e. The summed E-state index contributed by atoms with van der Waals surface area (Å²) in [5.41, 5.74) is 6.43. The van der Waals surface area contributed by atoms with Crippen molar-refractivity contribution in [1.29, 1.82) is 0 Å². The molecule has 2 heterocycles. The lowest BCUT2D eigenvalue weighted by atomic mass is 10.1. The molecule has 1 saturated heterocycles. The molecule has 1 fully saturated rings. The lowest BCUT2D eigenvalue weighted by Gasteiger charge is -2.06. The van der Waals surface area contributed by atoms with Crippen molar-refractivity contribution in [3.63, 3.8) is 0 Å². The molecule has 1 aromatic carbocycles. The van der Waals surface area contributed by atoms with Gasteiger partial charge in [-0.05, 0) is 18.2 Å². The van der Waals surface area contributed by atoms with E-state index < -0.39 is 0 Å². The molecule has 1 aliphatic heterocycles. The largest absolute Gasteiger partial charge is 0.379 e. The van der Waals surface area contributed by atoms with Gasteiger partial charge >= 0.3 is 0 Å². The van der Waals surface area contributed by atoms with Crippen molar-refractivity contribution in [1.82, 2.24) is 10.1 Å². The maximum atomic E-state index is 13.3. The van der Waals surface area contributed by atoms with Gasteiger partial charge < -0.3 is 15.0 Å². The summed E-state index contributed by atoms with van der Waals surface area (Å²) in [6.07, 6.45) is 0. The Balaban J connectivity index is 1.94. The van der Waals surface area contributed by atoms with Crippen LogP contribution >= 0.6 is 15.9 Å². The highest BCUT2D eigenvalue weighted by atomic mass is 79.9. The zero-order valence-electron chi connectivity index (χ0n) is 9.85. The Morgan fingerprint density at radius 1 is 1.37 bits per heavy atom. The van der Waals surface area contributed by atoms with Crippen LogP contribution in [-0.4, -0.2) is 29.4 Å². The number of hydrogen-bond acceptors (Lipinski definition) is 5. The zero-order chi connectivity index (χ0) is 13.4. The minimum Gasteiger partial charge on any atom is -0.379 e. The van der Waals surface area contributed by atoms with E-state index in [9.17, 15) is 4.39 Å². The standard InChI is InChI=1S/C12H11BrFN3O2/c13-9-2-1-6(14)3-7(9)11-16-12(19-17-11)8-4-18-5-10(8)15/h1-3,8,10H,4-5,15H2. The van der Waals surface area contributed by atoms with Crippen LogP contribution in [0.4, 0.5) is 4.39 Å². The highest BCUT2D eigenvalue weighted by molar-refractivity contribution is 9.10. The Morgan fingerprint density at radius 3 is 2.95 bits per heavy atom. The molecule has 0 bridgehead atoms. The lowest BCUT2D eigenvalue weighted by molar-refractivity contribution is 0.187. The molecule has 5 nitrogen and oxygen atoms in total. The van der Waals surface area contributed by atoms with Crippen LogP contribution in [0.15, 0.2) is 27.2 Å². The fourth-order valence-corrected chi connectivity index (χ4v) is 2.41. The topological polar surface area (TPSA) is 74.2 Å². The van der Waals surface area contributed by atoms with Gasteiger partial charge in [-0.1, -0.05) is 21.1 Å². The molecule has 2 atom stereocenters. The first-order valence-corrected chi connectivity index (χ1v) is 6.57. The third-order valence-corrected chi connectivity index (χ3v) is 3.74. The predicted octanol–water partition coefficient (Wildman–Crippen LogP) is 2.08. The van der Waals surface area contributed by atoms with E-state index in [1.54, 1.807) is 6.07 Å². The molecule has 19 heavy (non-hydrogen) atoms. The summed E-state index contributed by atoms with van der Waals surface area (Å²) in [7, 11) is 0. The number of benzene rings is 1. The van der Waals surface area contributed by atoms with E-state index in [4.69, 9.17) is 15.0 Å². The summed E-state index contributed by atoms with van der Waals surface area (Å²) in [6.45, 7) is 0.944. The number of aromatic nitrogens is 2. The average molecular weight is 328 g/mol. The highest BCUT2D eigenvalue weighted by Crippen LogP contribution is 2.29. The number of ether oxygens (including phenoxy) is 1. The maximum absolute atomic E-state index is 13.3. The molecule has 0 radical (unpaired) electrons. The lowest BCUT2D eigenvalue weighted by Crippen LogP contribution is -2.26. The molecular weight excluding hydrogens is 317 g/mol. The minimum atomic E-state index is -0.356. The molecule has 0 spiro atoms. The molecule has 0 aliphatic carbocycles. The quantitative estimate of drug-likeness (QED) is 0.914. The van der Waals surface area contributed by atoms with E-state index in [0.29, 0.717) is 35.0 Å². The Kier molecular flexibility index (Phi) is 3.34. The molecule has 0 amide bonds. The van der Waals surface area contributed by atoms with Gasteiger partial charge in [0.05, 0.1) is 19.1 Å². The Bertz CT molecular complexity index is 604. The number of rotatable bonds is 2. The van der Waals surface area contributed by atoms with Crippen molar-refractivity contribution in [3.05, 3.63) is 34.4 Å². The van der Waals surface area contributed by atoms with Crippen LogP contribution in [0.5, 0.6) is 0 Å². The van der Waals surface area contributed by atoms with Gasteiger partial charge in [0.2, 0.25) is 11.7 Å². The molecule has 2 N–H and O–H groups in total. The van der Waals surface area contributed by atoms with Crippen LogP contribution in [0.2, 0.25) is 0 Å². The van der Waals surface area contributed by atoms with E-state index in [1.807, 2.05) is 0 Å². The number of nitrogens with two attached hydrogens (primary N) is 1. The van der Waals surface area contributed by atoms with Gasteiger partial charge in [0, 0.05) is 16.1 Å². The van der Waals surface area contributed by atoms with Gasteiger partial charge in [-0.25, -0.2) is 4.39 Å². The summed E-state index contributed by atoms with van der Waals surface area (Å²) in [4.78, 5) is 4.28. The molecule has 2 unspecified atom stereocenters. The predicted molar refractivity (Wildman–Crippen MR) is 68.9 cm³/mol. The van der Waals surface area contributed by atoms with Crippen molar-refractivity contribution in [2.24, 2.45) is 5.73 Å². The molecule has 100 valence electrons. The summed E-state index contributed by atoms with van der Waals surface area (Å²) in [5.74, 6) is 0.302. The van der Waals surface area contributed by atoms with Gasteiger partial charge in [0.15, 0.2) is 0 Å². The van der Waals surface area contributed by atoms with Crippen LogP contribution in [0.25, 0.3) is 11.4 Å². The number of nitrogens with zero attached hydrogens (tertiary/aromatic N) is 2. The smallest absolute Gasteiger partial charge is 0.234 e. The van der Waals surface area contributed by atoms with Crippen LogP contribution in [0, 0.1) is 5.82 Å². The van der Waals surface area contributed by atoms with Gasteiger partial charge in [-0.15, -0.1) is 0 Å². The fraction of sp³-hybridized carbons (Fsp3) is 0.333. The SMILES string of the molecule is NC1COCC1c1nc(-c2cc(F)ccc2Br)no1. The van der Waals surface area contributed by atoms with Crippen molar-refractivity contribution < 1.29 is 13.7 Å². The average Bonchev–Trinajstić information content (AvgIpc) is 3.00. The molecular formula is C12H11BrFN3O2. The van der Waals surface area contributed by atoms with Crippen molar-refractivity contribution in [2.75, 3.05) is 13.2 Å². The Morgan fingerprint density at radius 2 is 2.21 bits per heavy atom. The molecule has 3 rings (SSSR count). The van der Waals surface area contributed by atoms with Crippen molar-refractivity contribution >= 4 is 15.9 Å². The molecule has 1 aromatic heterocycles. The van der Waals surface area contributed by atoms with Crippen LogP contribution < -0.4 is 5.73 Å². The second kappa shape index (κ2) is 4.99. The second-order valence-corrected chi connectivity index (χ2v) is 5.24. The second-order valence-electron chi connectivity index (χ2n) is 4.39. The first-order chi connectivity index (χ1) is 9.15. The van der Waals surface area contributed by atoms with E-state index in [-0.39, 0.29) is 17.8 Å². The van der Waals surface area contributed by atoms with E-state index >= 15 is 0 Å². The Labute approximate surface area is 117 Å². The monoisotopic (exact) mass is 327 g/mol. The summed E-state index contributed by atoms with van der Waals surface area (Å²) in [6, 6.07) is 4.16. The first kappa shape index (κ1) is 12.7. The number of halogens is 2. The molecule has 1 aliphatic rings. The van der Waals surface area contributed by atoms with Gasteiger partial charge in [-0.3, -0.25) is 0 Å². The third-order valence-electron chi connectivity index (χ3n) is 3.05. The first-order valence-electron chi connectivity index (χ1n) is 5.77. The van der Waals surface area contributed by atoms with Gasteiger partial charge in [0.1, 0.15) is 5.82 Å². The normalized spacial score (nSPS) is 22.9. The summed E-state index contributed by atoms with van der Waals surface area (Å²) in [5, 5.41) is 3.87. The number of hydrogen-bond donors (Lipinski definition) is 1. The molecule has 0 saturated carbocycles. The van der Waals surface area contributed by atoms with Gasteiger partial charge in [-0.2, -0.15) is 4.98 Å². The summed E-state index contributed by atoms with van der Waals surface area (Å²) < 4.78 is 24.4. The third kappa shape index (κ3) is 2.41. The van der Waals surface area contributed by atoms with E-state index in [1.165, 1.54) is 12.1 Å². The van der Waals surface area contributed by atoms with E-state index in [2.05, 4.69) is 26.1 Å². The van der Waals surface area contributed by atoms with Crippen LogP contribution in [0.3, 0.4) is 0 Å². The summed E-state index contributed by atoms with van der Waals surface area (Å²) >= 11 is 3.33. The van der Waals surface area contributed by atoms with Crippen molar-refractivity contribution in [2.45, 2.75) is 12.0 Å². The van der Waals surface area contributed by atoms with E-state index in [0.717, 1.165) is 0 Å². The van der Waals surface area contributed by atoms with Crippen LogP contribution in [-0.2, 0) is 4.74 Å². The van der Waals surface area contributed by atoms with Crippen molar-refractivity contribution in [3.8, 4) is 11.4 Å². The highest BCUT2D eigenvalue weighted by Gasteiger charge is 2.31. The van der Waals surface area contributed by atoms with Gasteiger partial charge in [0.25, 0.3) is 0 Å². The minimum absolute atomic E-state index is 0.103. The molecule has 2 aromatic rings. The Hall–Kier alpha value is -1.31. The fourth-order valence-electron chi connectivity index (χ4n) is 1.99. The van der Waals surface area contributed by atoms with Crippen LogP contribution in [0.1, 0.15) is 11.8 Å². The zero-order valence-corrected chi connectivity index (χ0v) is 11.4. The molecule has 7 heteroatoms.